The second-order valence-electron chi connectivity index (χ2n) is 5.57. The summed E-state index contributed by atoms with van der Waals surface area (Å²) in [6.07, 6.45) is -0.922. The monoisotopic (exact) mass is 384 g/mol. The van der Waals surface area contributed by atoms with E-state index in [0.29, 0.717) is 23.9 Å². The molecule has 1 aromatic heterocycles. The maximum Gasteiger partial charge on any atom is 0.254 e. The Labute approximate surface area is 152 Å². The minimum Gasteiger partial charge on any atom is -0.378 e. The molecule has 10 heteroatoms. The van der Waals surface area contributed by atoms with Gasteiger partial charge in [0.05, 0.1) is 0 Å². The van der Waals surface area contributed by atoms with E-state index in [-0.39, 0.29) is 10.7 Å². The van der Waals surface area contributed by atoms with E-state index in [9.17, 15) is 23.5 Å². The Hall–Kier alpha value is -2.46. The van der Waals surface area contributed by atoms with Crippen molar-refractivity contribution >= 4 is 28.3 Å². The van der Waals surface area contributed by atoms with E-state index in [1.807, 2.05) is 6.92 Å². The summed E-state index contributed by atoms with van der Waals surface area (Å²) in [6, 6.07) is 1.40. The van der Waals surface area contributed by atoms with Gasteiger partial charge in [0.1, 0.15) is 22.7 Å². The van der Waals surface area contributed by atoms with Gasteiger partial charge in [-0.1, -0.05) is 24.7 Å². The lowest BCUT2D eigenvalue weighted by atomic mass is 10.1. The number of nitrogens with zero attached hydrogens (tertiary/aromatic N) is 2. The van der Waals surface area contributed by atoms with Crippen LogP contribution >= 0.6 is 11.3 Å². The molecule has 1 heterocycles. The Balaban J connectivity index is 2.07. The molecule has 1 aromatic carbocycles. The molecule has 3 N–H and O–H groups in total. The van der Waals surface area contributed by atoms with Gasteiger partial charge in [-0.05, 0) is 31.0 Å². The number of hydrogen-bond acceptors (Lipinski definition) is 6. The van der Waals surface area contributed by atoms with Gasteiger partial charge < -0.3 is 10.4 Å². The highest BCUT2D eigenvalue weighted by Crippen LogP contribution is 2.18. The lowest BCUT2D eigenvalue weighted by molar-refractivity contribution is -0.133. The first-order valence-corrected chi connectivity index (χ1v) is 8.67. The molecule has 0 radical (unpaired) electrons. The van der Waals surface area contributed by atoms with Crippen LogP contribution in [-0.2, 0) is 9.59 Å². The van der Waals surface area contributed by atoms with Crippen molar-refractivity contribution in [3.63, 3.8) is 0 Å². The van der Waals surface area contributed by atoms with Gasteiger partial charge in [0.25, 0.3) is 5.91 Å². The number of amides is 2. The molecule has 2 amide bonds. The lowest BCUT2D eigenvalue weighted by Gasteiger charge is -2.19. The Bertz CT molecular complexity index is 779. The molecular formula is C16H18F2N4O3S. The lowest BCUT2D eigenvalue weighted by Crippen LogP contribution is -2.45. The third-order valence-corrected chi connectivity index (χ3v) is 4.17. The van der Waals surface area contributed by atoms with E-state index in [2.05, 4.69) is 20.8 Å². The quantitative estimate of drug-likeness (QED) is 0.678. The van der Waals surface area contributed by atoms with E-state index < -0.39 is 35.6 Å². The van der Waals surface area contributed by atoms with E-state index in [1.54, 1.807) is 6.92 Å². The van der Waals surface area contributed by atoms with E-state index in [1.165, 1.54) is 11.3 Å². The average Bonchev–Trinajstić information content (AvgIpc) is 2.97. The van der Waals surface area contributed by atoms with Gasteiger partial charge >= 0.3 is 0 Å². The van der Waals surface area contributed by atoms with Crippen molar-refractivity contribution in [3.8, 4) is 0 Å². The van der Waals surface area contributed by atoms with Gasteiger partial charge in [-0.15, -0.1) is 10.2 Å². The van der Waals surface area contributed by atoms with E-state index in [4.69, 9.17) is 0 Å². The SMILES string of the molecule is CCCC(NC(=O)[C@H](O)c1cc(F)cc(F)c1)C(=O)Nc1nnc(C)s1. The van der Waals surface area contributed by atoms with Gasteiger partial charge in [-0.3, -0.25) is 14.9 Å². The standard InChI is InChI=1S/C16H18F2N4O3S/c1-3-4-12(14(24)20-16-22-21-8(2)26-16)19-15(25)13(23)9-5-10(17)7-11(18)6-9/h5-7,12-13,23H,3-4H2,1-2H3,(H,19,25)(H,20,22,24)/t12?,13-/m1/s1. The number of carbonyl (C=O) groups is 2. The summed E-state index contributed by atoms with van der Waals surface area (Å²) >= 11 is 1.18. The van der Waals surface area contributed by atoms with Crippen LogP contribution in [-0.4, -0.2) is 33.2 Å². The largest absolute Gasteiger partial charge is 0.378 e. The number of nitrogens with one attached hydrogen (secondary N) is 2. The molecule has 0 aliphatic carbocycles. The number of carbonyl (C=O) groups excluding carboxylic acids is 2. The Kier molecular flexibility index (Phi) is 6.70. The van der Waals surface area contributed by atoms with E-state index in [0.717, 1.165) is 12.1 Å². The molecular weight excluding hydrogens is 366 g/mol. The molecule has 2 atom stereocenters. The fraction of sp³-hybridized carbons (Fsp3) is 0.375. The van der Waals surface area contributed by atoms with Crippen LogP contribution in [0.5, 0.6) is 0 Å². The minimum atomic E-state index is -1.81. The molecule has 0 aliphatic rings. The summed E-state index contributed by atoms with van der Waals surface area (Å²) in [4.78, 5) is 24.5. The van der Waals surface area contributed by atoms with Crippen LogP contribution in [0.4, 0.5) is 13.9 Å². The zero-order valence-electron chi connectivity index (χ0n) is 14.1. The van der Waals surface area contributed by atoms with Gasteiger partial charge in [-0.2, -0.15) is 0 Å². The first-order valence-electron chi connectivity index (χ1n) is 7.85. The molecule has 2 aromatic rings. The van der Waals surface area contributed by atoms with Crippen LogP contribution in [0.1, 0.15) is 36.4 Å². The van der Waals surface area contributed by atoms with Crippen molar-refractivity contribution in [2.24, 2.45) is 0 Å². The third-order valence-electron chi connectivity index (χ3n) is 3.42. The molecule has 0 saturated heterocycles. The second kappa shape index (κ2) is 8.77. The van der Waals surface area contributed by atoms with Crippen molar-refractivity contribution in [3.05, 3.63) is 40.4 Å². The number of hydrogen-bond donors (Lipinski definition) is 3. The van der Waals surface area contributed by atoms with Crippen LogP contribution in [0.3, 0.4) is 0 Å². The molecule has 0 saturated carbocycles. The number of rotatable bonds is 7. The van der Waals surface area contributed by atoms with Crippen molar-refractivity contribution in [2.45, 2.75) is 38.8 Å². The topological polar surface area (TPSA) is 104 Å². The van der Waals surface area contributed by atoms with Crippen LogP contribution in [0.15, 0.2) is 18.2 Å². The molecule has 0 bridgehead atoms. The summed E-state index contributed by atoms with van der Waals surface area (Å²) in [7, 11) is 0. The minimum absolute atomic E-state index is 0.240. The number of aryl methyl sites for hydroxylation is 1. The first-order chi connectivity index (χ1) is 12.3. The summed E-state index contributed by atoms with van der Waals surface area (Å²) < 4.78 is 26.5. The Morgan fingerprint density at radius 3 is 2.38 bits per heavy atom. The summed E-state index contributed by atoms with van der Waals surface area (Å²) in [5.41, 5.74) is -0.240. The van der Waals surface area contributed by atoms with Gasteiger partial charge in [0.15, 0.2) is 6.10 Å². The van der Waals surface area contributed by atoms with Gasteiger partial charge in [0.2, 0.25) is 11.0 Å². The van der Waals surface area contributed by atoms with E-state index >= 15 is 0 Å². The number of benzene rings is 1. The summed E-state index contributed by atoms with van der Waals surface area (Å²) in [6.45, 7) is 3.55. The summed E-state index contributed by atoms with van der Waals surface area (Å²) in [5, 5.41) is 23.5. The number of anilines is 1. The highest BCUT2D eigenvalue weighted by atomic mass is 32.1. The second-order valence-corrected chi connectivity index (χ2v) is 6.75. The van der Waals surface area contributed by atoms with Gasteiger partial charge in [-0.25, -0.2) is 8.78 Å². The Morgan fingerprint density at radius 2 is 1.85 bits per heavy atom. The predicted octanol–water partition coefficient (Wildman–Crippen LogP) is 2.08. The van der Waals surface area contributed by atoms with Crippen LogP contribution in [0.25, 0.3) is 0 Å². The maximum atomic E-state index is 13.2. The zero-order valence-corrected chi connectivity index (χ0v) is 14.9. The number of aliphatic hydroxyl groups excluding tert-OH is 1. The highest BCUT2D eigenvalue weighted by Gasteiger charge is 2.26. The fourth-order valence-corrected chi connectivity index (χ4v) is 2.83. The predicted molar refractivity (Wildman–Crippen MR) is 91.4 cm³/mol. The third kappa shape index (κ3) is 5.27. The normalized spacial score (nSPS) is 13.1. The molecule has 26 heavy (non-hydrogen) atoms. The highest BCUT2D eigenvalue weighted by molar-refractivity contribution is 7.15. The Morgan fingerprint density at radius 1 is 1.19 bits per heavy atom. The zero-order chi connectivity index (χ0) is 19.3. The molecule has 0 aliphatic heterocycles. The molecule has 140 valence electrons. The van der Waals surface area contributed by atoms with Crippen molar-refractivity contribution in [1.82, 2.24) is 15.5 Å². The summed E-state index contributed by atoms with van der Waals surface area (Å²) in [5.74, 6) is -3.28. The van der Waals surface area contributed by atoms with Crippen molar-refractivity contribution in [2.75, 3.05) is 5.32 Å². The number of aliphatic hydroxyl groups is 1. The molecule has 2 rings (SSSR count). The van der Waals surface area contributed by atoms with Crippen molar-refractivity contribution in [1.29, 1.82) is 0 Å². The average molecular weight is 384 g/mol. The molecule has 7 nitrogen and oxygen atoms in total. The van der Waals surface area contributed by atoms with Crippen molar-refractivity contribution < 1.29 is 23.5 Å². The van der Waals surface area contributed by atoms with Crippen LogP contribution in [0, 0.1) is 18.6 Å². The molecule has 1 unspecified atom stereocenters. The fourth-order valence-electron chi connectivity index (χ4n) is 2.23. The molecule has 0 fully saturated rings. The van der Waals surface area contributed by atoms with Gasteiger partial charge in [0, 0.05) is 6.07 Å². The molecule has 0 spiro atoms. The van der Waals surface area contributed by atoms with Crippen LogP contribution in [0.2, 0.25) is 0 Å². The first kappa shape index (κ1) is 19.9. The van der Waals surface area contributed by atoms with Crippen LogP contribution < -0.4 is 10.6 Å². The smallest absolute Gasteiger partial charge is 0.254 e. The maximum absolute atomic E-state index is 13.2. The number of halogens is 2. The number of aromatic nitrogens is 2.